The summed E-state index contributed by atoms with van der Waals surface area (Å²) in [6, 6.07) is 10.2. The fourth-order valence-corrected chi connectivity index (χ4v) is 6.10. The van der Waals surface area contributed by atoms with E-state index in [1.54, 1.807) is 32.0 Å². The summed E-state index contributed by atoms with van der Waals surface area (Å²) in [5.41, 5.74) is -0.735. The van der Waals surface area contributed by atoms with E-state index < -0.39 is 45.6 Å². The molecule has 1 aliphatic heterocycles. The van der Waals surface area contributed by atoms with Crippen LogP contribution in [0.1, 0.15) is 63.0 Å². The molecule has 11 heteroatoms. The molecule has 0 aliphatic carbocycles. The Balaban J connectivity index is 1.92. The van der Waals surface area contributed by atoms with Crippen molar-refractivity contribution in [2.45, 2.75) is 64.7 Å². The van der Waals surface area contributed by atoms with E-state index in [4.69, 9.17) is 9.31 Å². The first-order valence-electron chi connectivity index (χ1n) is 12.3. The van der Waals surface area contributed by atoms with Crippen molar-refractivity contribution < 1.29 is 36.8 Å². The first-order chi connectivity index (χ1) is 17.4. The molecule has 3 rings (SSSR count). The number of carbonyl (C=O) groups excluding carboxylic acids is 1. The van der Waals surface area contributed by atoms with Gasteiger partial charge in [0, 0.05) is 18.2 Å². The van der Waals surface area contributed by atoms with Crippen LogP contribution in [0, 0.1) is 5.82 Å². The number of benzene rings is 2. The Labute approximate surface area is 224 Å². The molecule has 1 amide bonds. The van der Waals surface area contributed by atoms with E-state index in [2.05, 4.69) is 0 Å². The Morgan fingerprint density at radius 1 is 1.03 bits per heavy atom. The number of hydrogen-bond acceptors (Lipinski definition) is 6. The van der Waals surface area contributed by atoms with Crippen molar-refractivity contribution in [1.82, 2.24) is 4.90 Å². The summed E-state index contributed by atoms with van der Waals surface area (Å²) >= 11 is 0. The molecule has 1 heterocycles. The Morgan fingerprint density at radius 3 is 2.11 bits per heavy atom. The number of sulfone groups is 1. The minimum Gasteiger partial charge on any atom is -0.465 e. The maximum atomic E-state index is 13.4. The van der Waals surface area contributed by atoms with Crippen LogP contribution in [0.25, 0.3) is 0 Å². The van der Waals surface area contributed by atoms with E-state index in [-0.39, 0.29) is 23.7 Å². The van der Waals surface area contributed by atoms with Gasteiger partial charge in [-0.3, -0.25) is 4.79 Å². The van der Waals surface area contributed by atoms with Gasteiger partial charge in [0.05, 0.1) is 28.2 Å². The predicted molar refractivity (Wildman–Crippen MR) is 144 cm³/mol. The van der Waals surface area contributed by atoms with Gasteiger partial charge in [-0.1, -0.05) is 18.2 Å². The van der Waals surface area contributed by atoms with Gasteiger partial charge < -0.3 is 19.3 Å². The van der Waals surface area contributed by atoms with Crippen LogP contribution in [0.15, 0.2) is 42.5 Å². The molecule has 1 fully saturated rings. The number of rotatable bonds is 9. The highest BCUT2D eigenvalue weighted by atomic mass is 32.2. The lowest BCUT2D eigenvalue weighted by Crippen LogP contribution is -2.49. The zero-order valence-electron chi connectivity index (χ0n) is 22.9. The number of aryl methyl sites for hydroxylation is 1. The van der Waals surface area contributed by atoms with Gasteiger partial charge in [0.25, 0.3) is 0 Å². The van der Waals surface area contributed by atoms with Gasteiger partial charge in [-0.2, -0.15) is 0 Å². The van der Waals surface area contributed by atoms with Gasteiger partial charge in [-0.15, -0.1) is 0 Å². The number of ketones is 1. The van der Waals surface area contributed by atoms with Crippen LogP contribution >= 0.6 is 0 Å². The smallest absolute Gasteiger partial charge is 0.465 e. The van der Waals surface area contributed by atoms with E-state index in [9.17, 15) is 27.5 Å². The Kier molecular flexibility index (Phi) is 8.18. The molecular weight excluding hydrogens is 512 g/mol. The highest BCUT2D eigenvalue weighted by Gasteiger charge is 2.52. The third-order valence-corrected chi connectivity index (χ3v) is 9.42. The molecule has 2 aromatic rings. The number of amides is 1. The van der Waals surface area contributed by atoms with E-state index in [1.165, 1.54) is 31.3 Å². The molecule has 0 aromatic heterocycles. The van der Waals surface area contributed by atoms with E-state index in [0.717, 1.165) is 4.90 Å². The van der Waals surface area contributed by atoms with Gasteiger partial charge in [0.1, 0.15) is 5.82 Å². The van der Waals surface area contributed by atoms with Gasteiger partial charge in [-0.05, 0) is 83.3 Å². The molecule has 0 unspecified atom stereocenters. The molecule has 206 valence electrons. The van der Waals surface area contributed by atoms with Crippen LogP contribution in [-0.2, 0) is 25.6 Å². The highest BCUT2D eigenvalue weighted by molar-refractivity contribution is 7.91. The largest absolute Gasteiger partial charge is 0.495 e. The molecule has 1 saturated heterocycles. The number of carboxylic acid groups (broad SMARTS) is 1. The van der Waals surface area contributed by atoms with Crippen molar-refractivity contribution >= 4 is 34.3 Å². The summed E-state index contributed by atoms with van der Waals surface area (Å²) < 4.78 is 51.6. The zero-order valence-corrected chi connectivity index (χ0v) is 23.7. The fraction of sp³-hybridized carbons (Fsp3) is 0.481. The van der Waals surface area contributed by atoms with Crippen LogP contribution < -0.4 is 5.46 Å². The molecular formula is C27H35BFNO7S. The van der Waals surface area contributed by atoms with Crippen molar-refractivity contribution in [2.75, 3.05) is 18.6 Å². The van der Waals surface area contributed by atoms with Crippen molar-refractivity contribution in [1.29, 1.82) is 0 Å². The van der Waals surface area contributed by atoms with E-state index in [0.29, 0.717) is 22.2 Å². The summed E-state index contributed by atoms with van der Waals surface area (Å²) in [5.74, 6) is -1.35. The normalized spacial score (nSPS) is 16.9. The second-order valence-corrected chi connectivity index (χ2v) is 13.5. The minimum absolute atomic E-state index is 0.146. The van der Waals surface area contributed by atoms with Crippen molar-refractivity contribution in [3.63, 3.8) is 0 Å². The topological polar surface area (TPSA) is 110 Å². The first-order valence-corrected chi connectivity index (χ1v) is 14.1. The maximum Gasteiger partial charge on any atom is 0.495 e. The molecule has 38 heavy (non-hydrogen) atoms. The lowest BCUT2D eigenvalue weighted by molar-refractivity contribution is 0.00578. The van der Waals surface area contributed by atoms with Crippen LogP contribution in [0.4, 0.5) is 9.18 Å². The SMILES string of the molecule is CN(C(=O)O)C(C)(C)CS(=O)(=O)CCc1ccc(C(=O)c2ccc(F)cc2)c(B2OC(C)(C)C(C)(C)O2)c1. The van der Waals surface area contributed by atoms with Crippen molar-refractivity contribution in [3.8, 4) is 0 Å². The number of hydrogen-bond donors (Lipinski definition) is 1. The molecule has 0 saturated carbocycles. The first kappa shape index (κ1) is 29.8. The van der Waals surface area contributed by atoms with E-state index in [1.807, 2.05) is 27.7 Å². The van der Waals surface area contributed by atoms with Gasteiger partial charge in [-0.25, -0.2) is 17.6 Å². The fourth-order valence-electron chi connectivity index (χ4n) is 4.14. The standard InChI is InChI=1S/C27H35BFNO7S/c1-25(2,30(7)24(32)33)17-38(34,35)15-14-18-8-13-21(23(31)19-9-11-20(29)12-10-19)22(16-18)28-36-26(3,4)27(5,6)37-28/h8-13,16H,14-15,17H2,1-7H3,(H,32,33). The van der Waals surface area contributed by atoms with Gasteiger partial charge in [0.15, 0.2) is 15.6 Å². The third-order valence-electron chi connectivity index (χ3n) is 7.44. The molecule has 0 atom stereocenters. The average molecular weight is 547 g/mol. The van der Waals surface area contributed by atoms with Gasteiger partial charge in [0.2, 0.25) is 0 Å². The van der Waals surface area contributed by atoms with Crippen LogP contribution in [0.2, 0.25) is 0 Å². The van der Waals surface area contributed by atoms with E-state index >= 15 is 0 Å². The lowest BCUT2D eigenvalue weighted by atomic mass is 9.73. The average Bonchev–Trinajstić information content (AvgIpc) is 3.03. The quantitative estimate of drug-likeness (QED) is 0.377. The Hall–Kier alpha value is -2.76. The second kappa shape index (κ2) is 10.4. The summed E-state index contributed by atoms with van der Waals surface area (Å²) in [6.07, 6.45) is -1.06. The number of nitrogens with zero attached hydrogens (tertiary/aromatic N) is 1. The third kappa shape index (κ3) is 6.44. The lowest BCUT2D eigenvalue weighted by Gasteiger charge is -2.33. The summed E-state index contributed by atoms with van der Waals surface area (Å²) in [7, 11) is -3.17. The van der Waals surface area contributed by atoms with Crippen LogP contribution in [-0.4, -0.2) is 72.7 Å². The molecule has 0 radical (unpaired) electrons. The molecule has 0 spiro atoms. The highest BCUT2D eigenvalue weighted by Crippen LogP contribution is 2.37. The second-order valence-electron chi connectivity index (χ2n) is 11.3. The van der Waals surface area contributed by atoms with Crippen LogP contribution in [0.3, 0.4) is 0 Å². The summed E-state index contributed by atoms with van der Waals surface area (Å²) in [6.45, 7) is 10.7. The Bertz CT molecular complexity index is 1310. The van der Waals surface area contributed by atoms with Gasteiger partial charge >= 0.3 is 13.2 Å². The monoisotopic (exact) mass is 547 g/mol. The maximum absolute atomic E-state index is 13.4. The zero-order chi connectivity index (χ0) is 28.7. The van der Waals surface area contributed by atoms with Crippen molar-refractivity contribution in [2.24, 2.45) is 0 Å². The number of halogens is 1. The summed E-state index contributed by atoms with van der Waals surface area (Å²) in [5, 5.41) is 9.26. The summed E-state index contributed by atoms with van der Waals surface area (Å²) in [4.78, 5) is 25.7. The van der Waals surface area contributed by atoms with Crippen LogP contribution in [0.5, 0.6) is 0 Å². The minimum atomic E-state index is -3.63. The molecule has 0 bridgehead atoms. The molecule has 1 aliphatic rings. The molecule has 2 aromatic carbocycles. The molecule has 8 nitrogen and oxygen atoms in total. The molecule has 1 N–H and O–H groups in total. The van der Waals surface area contributed by atoms with Crippen molar-refractivity contribution in [3.05, 3.63) is 65.0 Å². The Morgan fingerprint density at radius 2 is 1.58 bits per heavy atom. The number of carbonyl (C=O) groups is 2. The predicted octanol–water partition coefficient (Wildman–Crippen LogP) is 3.70.